The van der Waals surface area contributed by atoms with Crippen LogP contribution < -0.4 is 0 Å². The molecule has 1 saturated heterocycles. The largest absolute Gasteiger partial charge is 0.342 e. The zero-order chi connectivity index (χ0) is 14.1. The maximum Gasteiger partial charge on any atom is 0.196 e. The average molecular weight is 411 g/mol. The number of likely N-dealkylation sites (tertiary alicyclic amines) is 1. The summed E-state index contributed by atoms with van der Waals surface area (Å²) in [6.45, 7) is 5.84. The molecule has 2 aliphatic heterocycles. The van der Waals surface area contributed by atoms with Crippen LogP contribution in [-0.2, 0) is 6.42 Å². The molecule has 3 aliphatic rings. The summed E-state index contributed by atoms with van der Waals surface area (Å²) in [6.07, 6.45) is 5.40. The van der Waals surface area contributed by atoms with Crippen molar-refractivity contribution in [2.45, 2.75) is 25.7 Å². The molecule has 1 aliphatic carbocycles. The molecule has 4 rings (SSSR count). The van der Waals surface area contributed by atoms with E-state index in [4.69, 9.17) is 4.99 Å². The first-order valence-corrected chi connectivity index (χ1v) is 8.47. The average Bonchev–Trinajstić information content (AvgIpc) is 3.17. The lowest BCUT2D eigenvalue weighted by Gasteiger charge is -2.43. The summed E-state index contributed by atoms with van der Waals surface area (Å²) >= 11 is 0. The summed E-state index contributed by atoms with van der Waals surface area (Å²) < 4.78 is 0. The van der Waals surface area contributed by atoms with E-state index in [0.29, 0.717) is 0 Å². The fourth-order valence-electron chi connectivity index (χ4n) is 3.49. The number of halogens is 1. The van der Waals surface area contributed by atoms with Gasteiger partial charge in [0.25, 0.3) is 0 Å². The molecule has 4 heteroatoms. The number of hydrogen-bond acceptors (Lipinski definition) is 3. The van der Waals surface area contributed by atoms with Crippen LogP contribution in [0.5, 0.6) is 0 Å². The number of nitrogens with zero attached hydrogens (tertiary/aromatic N) is 3. The molecular weight excluding hydrogens is 385 g/mol. The topological polar surface area (TPSA) is 18.8 Å². The Morgan fingerprint density at radius 1 is 1.05 bits per heavy atom. The van der Waals surface area contributed by atoms with Gasteiger partial charge in [-0.1, -0.05) is 30.3 Å². The maximum atomic E-state index is 4.74. The third kappa shape index (κ3) is 3.76. The number of guanidine groups is 1. The third-order valence-corrected chi connectivity index (χ3v) is 5.01. The number of aryl methyl sites for hydroxylation is 1. The third-order valence-electron chi connectivity index (χ3n) is 5.01. The molecule has 0 bridgehead atoms. The monoisotopic (exact) mass is 411 g/mol. The molecule has 0 radical (unpaired) electrons. The van der Waals surface area contributed by atoms with E-state index in [9.17, 15) is 0 Å². The van der Waals surface area contributed by atoms with Crippen LogP contribution in [0.25, 0.3) is 0 Å². The Hall–Kier alpha value is -0.780. The molecule has 22 heavy (non-hydrogen) atoms. The molecule has 120 valence electrons. The van der Waals surface area contributed by atoms with Gasteiger partial charge in [-0.2, -0.15) is 0 Å². The van der Waals surface area contributed by atoms with Gasteiger partial charge in [0.15, 0.2) is 5.96 Å². The van der Waals surface area contributed by atoms with Crippen molar-refractivity contribution in [2.75, 3.05) is 32.7 Å². The number of hydrogen-bond donors (Lipinski definition) is 0. The zero-order valence-electron chi connectivity index (χ0n) is 13.2. The Kier molecular flexibility index (Phi) is 5.26. The molecule has 1 aromatic carbocycles. The van der Waals surface area contributed by atoms with Gasteiger partial charge in [0, 0.05) is 26.2 Å². The molecule has 0 amide bonds. The summed E-state index contributed by atoms with van der Waals surface area (Å²) in [6, 6.07) is 10.9. The molecule has 0 atom stereocenters. The van der Waals surface area contributed by atoms with Crippen molar-refractivity contribution in [3.63, 3.8) is 0 Å². The molecule has 0 unspecified atom stereocenters. The van der Waals surface area contributed by atoms with E-state index < -0.39 is 0 Å². The smallest absolute Gasteiger partial charge is 0.196 e. The van der Waals surface area contributed by atoms with Crippen LogP contribution >= 0.6 is 24.0 Å². The first kappa shape index (κ1) is 16.1. The van der Waals surface area contributed by atoms with Crippen molar-refractivity contribution in [2.24, 2.45) is 16.8 Å². The highest BCUT2D eigenvalue weighted by atomic mass is 127. The number of aliphatic imine (C=N–C) groups is 1. The highest BCUT2D eigenvalue weighted by Crippen LogP contribution is 2.31. The first-order valence-electron chi connectivity index (χ1n) is 8.47. The Bertz CT molecular complexity index is 506. The maximum absolute atomic E-state index is 4.74. The summed E-state index contributed by atoms with van der Waals surface area (Å²) in [7, 11) is 0. The summed E-state index contributed by atoms with van der Waals surface area (Å²) in [5, 5.41) is 0. The lowest BCUT2D eigenvalue weighted by Crippen LogP contribution is -2.54. The van der Waals surface area contributed by atoms with Gasteiger partial charge in [-0.15, -0.1) is 24.0 Å². The van der Waals surface area contributed by atoms with E-state index in [1.165, 1.54) is 56.8 Å². The van der Waals surface area contributed by atoms with Crippen LogP contribution in [0.15, 0.2) is 35.3 Å². The minimum Gasteiger partial charge on any atom is -0.342 e. The van der Waals surface area contributed by atoms with Crippen molar-refractivity contribution in [1.29, 1.82) is 0 Å². The van der Waals surface area contributed by atoms with Crippen molar-refractivity contribution in [3.8, 4) is 0 Å². The molecule has 2 heterocycles. The van der Waals surface area contributed by atoms with E-state index >= 15 is 0 Å². The van der Waals surface area contributed by atoms with Gasteiger partial charge in [-0.05, 0) is 43.1 Å². The van der Waals surface area contributed by atoms with E-state index in [1.54, 1.807) is 0 Å². The SMILES string of the molecule is I.c1ccc(CCC2CN(C3=NCCN3CC3CC3)C2)cc1. The molecule has 1 aromatic rings. The number of benzene rings is 1. The molecule has 0 N–H and O–H groups in total. The van der Waals surface area contributed by atoms with Gasteiger partial charge in [0.2, 0.25) is 0 Å². The van der Waals surface area contributed by atoms with Gasteiger partial charge >= 0.3 is 0 Å². The predicted octanol–water partition coefficient (Wildman–Crippen LogP) is 3.25. The Morgan fingerprint density at radius 3 is 2.55 bits per heavy atom. The van der Waals surface area contributed by atoms with Crippen molar-refractivity contribution >= 4 is 29.9 Å². The highest BCUT2D eigenvalue weighted by molar-refractivity contribution is 14.0. The van der Waals surface area contributed by atoms with Crippen molar-refractivity contribution in [3.05, 3.63) is 35.9 Å². The second-order valence-corrected chi connectivity index (χ2v) is 6.87. The lowest BCUT2D eigenvalue weighted by atomic mass is 9.93. The van der Waals surface area contributed by atoms with Crippen LogP contribution in [0.2, 0.25) is 0 Å². The summed E-state index contributed by atoms with van der Waals surface area (Å²) in [5.41, 5.74) is 1.48. The van der Waals surface area contributed by atoms with Gasteiger partial charge in [0.1, 0.15) is 0 Å². The normalized spacial score (nSPS) is 21.4. The van der Waals surface area contributed by atoms with E-state index in [-0.39, 0.29) is 24.0 Å². The lowest BCUT2D eigenvalue weighted by molar-refractivity contribution is 0.157. The van der Waals surface area contributed by atoms with E-state index in [0.717, 1.165) is 24.9 Å². The van der Waals surface area contributed by atoms with E-state index in [2.05, 4.69) is 40.1 Å². The van der Waals surface area contributed by atoms with Crippen molar-refractivity contribution < 1.29 is 0 Å². The molecule has 3 nitrogen and oxygen atoms in total. The van der Waals surface area contributed by atoms with Crippen molar-refractivity contribution in [1.82, 2.24) is 9.80 Å². The predicted molar refractivity (Wildman–Crippen MR) is 102 cm³/mol. The first-order chi connectivity index (χ1) is 10.4. The quantitative estimate of drug-likeness (QED) is 0.693. The molecule has 0 aromatic heterocycles. The Labute approximate surface area is 150 Å². The Morgan fingerprint density at radius 2 is 1.82 bits per heavy atom. The second kappa shape index (κ2) is 7.20. The van der Waals surface area contributed by atoms with Crippen LogP contribution in [0.1, 0.15) is 24.8 Å². The molecule has 0 spiro atoms. The van der Waals surface area contributed by atoms with E-state index in [1.807, 2.05) is 0 Å². The number of rotatable bonds is 5. The minimum atomic E-state index is 0. The fourth-order valence-corrected chi connectivity index (χ4v) is 3.49. The summed E-state index contributed by atoms with van der Waals surface area (Å²) in [5.74, 6) is 3.12. The second-order valence-electron chi connectivity index (χ2n) is 6.87. The van der Waals surface area contributed by atoms with Gasteiger partial charge in [-0.25, -0.2) is 0 Å². The Balaban J connectivity index is 0.00000144. The van der Waals surface area contributed by atoms with Crippen LogP contribution in [0, 0.1) is 11.8 Å². The zero-order valence-corrected chi connectivity index (χ0v) is 15.5. The van der Waals surface area contributed by atoms with Crippen LogP contribution in [0.4, 0.5) is 0 Å². The van der Waals surface area contributed by atoms with Crippen LogP contribution in [-0.4, -0.2) is 48.5 Å². The standard InChI is InChI=1S/C18H25N3.HI/c1-2-4-15(5-3-1)6-9-17-13-21(14-17)18-19-10-11-20(18)12-16-7-8-16;/h1-5,16-17H,6-14H2;1H. The van der Waals surface area contributed by atoms with Crippen LogP contribution in [0.3, 0.4) is 0 Å². The van der Waals surface area contributed by atoms with Gasteiger partial charge in [0.05, 0.1) is 6.54 Å². The van der Waals surface area contributed by atoms with Gasteiger partial charge in [-0.3, -0.25) is 4.99 Å². The summed E-state index contributed by atoms with van der Waals surface area (Å²) in [4.78, 5) is 9.78. The molecular formula is C18H26IN3. The molecule has 1 saturated carbocycles. The van der Waals surface area contributed by atoms with Gasteiger partial charge < -0.3 is 9.80 Å². The fraction of sp³-hybridized carbons (Fsp3) is 0.611. The minimum absolute atomic E-state index is 0. The molecule has 2 fully saturated rings. The highest BCUT2D eigenvalue weighted by Gasteiger charge is 2.35.